The fourth-order valence-electron chi connectivity index (χ4n) is 4.53. The van der Waals surface area contributed by atoms with E-state index >= 15 is 0 Å². The SMILES string of the molecule is C=CCOc1ccc(/C=c2\sc3n(c2=O)[C@@H](c2cccc(OC)c2)C(C(=O)OCC)=C(c2ccccc2)N=3)cc1. The molecule has 1 aliphatic heterocycles. The van der Waals surface area contributed by atoms with Crippen LogP contribution in [0.4, 0.5) is 0 Å². The third-order valence-electron chi connectivity index (χ3n) is 6.33. The van der Waals surface area contributed by atoms with Crippen molar-refractivity contribution in [1.29, 1.82) is 0 Å². The predicted octanol–water partition coefficient (Wildman–Crippen LogP) is 4.51. The number of fused-ring (bicyclic) bond motifs is 1. The van der Waals surface area contributed by atoms with Crippen molar-refractivity contribution in [3.05, 3.63) is 133 Å². The maximum Gasteiger partial charge on any atom is 0.338 e. The van der Waals surface area contributed by atoms with Gasteiger partial charge in [0.05, 0.1) is 35.6 Å². The Morgan fingerprint density at radius 3 is 2.52 bits per heavy atom. The second-order valence-corrected chi connectivity index (χ2v) is 9.89. The molecule has 3 aromatic carbocycles. The lowest BCUT2D eigenvalue weighted by atomic mass is 9.93. The van der Waals surface area contributed by atoms with Gasteiger partial charge in [0.15, 0.2) is 4.80 Å². The summed E-state index contributed by atoms with van der Waals surface area (Å²) < 4.78 is 18.6. The molecule has 0 amide bonds. The second-order valence-electron chi connectivity index (χ2n) is 8.88. The Balaban J connectivity index is 1.75. The molecule has 0 saturated carbocycles. The van der Waals surface area contributed by atoms with Gasteiger partial charge in [0.1, 0.15) is 18.1 Å². The number of hydrogen-bond acceptors (Lipinski definition) is 7. The van der Waals surface area contributed by atoms with Crippen molar-refractivity contribution < 1.29 is 19.0 Å². The van der Waals surface area contributed by atoms with Crippen LogP contribution in [-0.2, 0) is 9.53 Å². The largest absolute Gasteiger partial charge is 0.497 e. The molecule has 0 spiro atoms. The quantitative estimate of drug-likeness (QED) is 0.226. The predicted molar refractivity (Wildman–Crippen MR) is 156 cm³/mol. The van der Waals surface area contributed by atoms with Gasteiger partial charge in [-0.2, -0.15) is 0 Å². The zero-order chi connectivity index (χ0) is 28.1. The van der Waals surface area contributed by atoms with Crippen molar-refractivity contribution in [3.8, 4) is 11.5 Å². The van der Waals surface area contributed by atoms with Crippen molar-refractivity contribution in [2.45, 2.75) is 13.0 Å². The number of hydrogen-bond donors (Lipinski definition) is 0. The van der Waals surface area contributed by atoms with Crippen LogP contribution in [0, 0.1) is 0 Å². The van der Waals surface area contributed by atoms with Crippen LogP contribution in [0.1, 0.15) is 29.7 Å². The Hall–Kier alpha value is -4.69. The highest BCUT2D eigenvalue weighted by Crippen LogP contribution is 2.36. The highest BCUT2D eigenvalue weighted by molar-refractivity contribution is 7.07. The van der Waals surface area contributed by atoms with E-state index in [4.69, 9.17) is 19.2 Å². The third kappa shape index (κ3) is 5.39. The molecule has 0 radical (unpaired) electrons. The number of benzene rings is 3. The van der Waals surface area contributed by atoms with Crippen molar-refractivity contribution >= 4 is 29.1 Å². The van der Waals surface area contributed by atoms with Crippen LogP contribution in [-0.4, -0.2) is 30.9 Å². The van der Waals surface area contributed by atoms with E-state index in [-0.39, 0.29) is 12.2 Å². The van der Waals surface area contributed by atoms with Gasteiger partial charge in [0.25, 0.3) is 5.56 Å². The highest BCUT2D eigenvalue weighted by Gasteiger charge is 2.35. The average Bonchev–Trinajstić information content (AvgIpc) is 3.30. The zero-order valence-corrected chi connectivity index (χ0v) is 23.0. The first-order valence-corrected chi connectivity index (χ1v) is 13.6. The first-order valence-electron chi connectivity index (χ1n) is 12.8. The van der Waals surface area contributed by atoms with Gasteiger partial charge in [0, 0.05) is 5.56 Å². The van der Waals surface area contributed by atoms with Crippen LogP contribution in [0.3, 0.4) is 0 Å². The lowest BCUT2D eigenvalue weighted by Crippen LogP contribution is -2.40. The first kappa shape index (κ1) is 26.9. The molecule has 4 aromatic rings. The van der Waals surface area contributed by atoms with Gasteiger partial charge in [0.2, 0.25) is 0 Å². The van der Waals surface area contributed by atoms with E-state index in [1.807, 2.05) is 84.9 Å². The highest BCUT2D eigenvalue weighted by atomic mass is 32.1. The fourth-order valence-corrected chi connectivity index (χ4v) is 5.54. The Kier molecular flexibility index (Phi) is 8.07. The van der Waals surface area contributed by atoms with E-state index in [9.17, 15) is 9.59 Å². The smallest absolute Gasteiger partial charge is 0.338 e. The van der Waals surface area contributed by atoms with Crippen molar-refractivity contribution in [3.63, 3.8) is 0 Å². The van der Waals surface area contributed by atoms with Gasteiger partial charge in [-0.05, 0) is 48.4 Å². The number of aromatic nitrogens is 1. The Morgan fingerprint density at radius 1 is 1.05 bits per heavy atom. The minimum Gasteiger partial charge on any atom is -0.497 e. The molecule has 202 valence electrons. The second kappa shape index (κ2) is 12.0. The Bertz CT molecular complexity index is 1750. The summed E-state index contributed by atoms with van der Waals surface area (Å²) in [6.45, 7) is 6.02. The topological polar surface area (TPSA) is 79.1 Å². The van der Waals surface area contributed by atoms with Crippen LogP contribution >= 0.6 is 11.3 Å². The maximum absolute atomic E-state index is 14.0. The van der Waals surface area contributed by atoms with Crippen LogP contribution in [0.25, 0.3) is 11.8 Å². The fraction of sp³-hybridized carbons (Fsp3) is 0.156. The van der Waals surface area contributed by atoms with E-state index in [2.05, 4.69) is 6.58 Å². The summed E-state index contributed by atoms with van der Waals surface area (Å²) in [6.07, 6.45) is 3.50. The van der Waals surface area contributed by atoms with Crippen LogP contribution in [0.2, 0.25) is 0 Å². The van der Waals surface area contributed by atoms with Crippen LogP contribution in [0.5, 0.6) is 11.5 Å². The Labute approximate surface area is 235 Å². The lowest BCUT2D eigenvalue weighted by Gasteiger charge is -2.26. The van der Waals surface area contributed by atoms with Crippen molar-refractivity contribution in [2.75, 3.05) is 20.3 Å². The minimum absolute atomic E-state index is 0.187. The molecule has 1 aliphatic rings. The molecular weight excluding hydrogens is 524 g/mol. The van der Waals surface area contributed by atoms with Gasteiger partial charge >= 0.3 is 5.97 Å². The van der Waals surface area contributed by atoms with E-state index in [1.54, 1.807) is 24.7 Å². The summed E-state index contributed by atoms with van der Waals surface area (Å²) in [5.74, 6) is 0.797. The molecule has 0 N–H and O–H groups in total. The molecule has 1 aromatic heterocycles. The lowest BCUT2D eigenvalue weighted by molar-refractivity contribution is -0.138. The van der Waals surface area contributed by atoms with Gasteiger partial charge in [-0.1, -0.05) is 78.6 Å². The number of nitrogens with zero attached hydrogens (tertiary/aromatic N) is 2. The summed E-state index contributed by atoms with van der Waals surface area (Å²) >= 11 is 1.27. The number of thiazole rings is 1. The summed E-state index contributed by atoms with van der Waals surface area (Å²) in [7, 11) is 1.58. The number of carbonyl (C=O) groups is 1. The molecule has 40 heavy (non-hydrogen) atoms. The molecule has 5 rings (SSSR count). The molecule has 0 fully saturated rings. The molecule has 0 bridgehead atoms. The van der Waals surface area contributed by atoms with Crippen LogP contribution < -0.4 is 24.4 Å². The van der Waals surface area contributed by atoms with Crippen molar-refractivity contribution in [2.24, 2.45) is 4.99 Å². The molecule has 7 nitrogen and oxygen atoms in total. The molecule has 1 atom stereocenters. The number of esters is 1. The van der Waals surface area contributed by atoms with E-state index in [0.717, 1.165) is 11.1 Å². The zero-order valence-electron chi connectivity index (χ0n) is 22.2. The van der Waals surface area contributed by atoms with Crippen LogP contribution in [0.15, 0.2) is 107 Å². The van der Waals surface area contributed by atoms with Gasteiger partial charge in [-0.25, -0.2) is 9.79 Å². The molecule has 8 heteroatoms. The van der Waals surface area contributed by atoms with Gasteiger partial charge in [-0.15, -0.1) is 0 Å². The van der Waals surface area contributed by atoms with E-state index < -0.39 is 12.0 Å². The minimum atomic E-state index is -0.766. The Morgan fingerprint density at radius 2 is 1.82 bits per heavy atom. The number of ether oxygens (including phenoxy) is 3. The molecule has 0 saturated heterocycles. The summed E-state index contributed by atoms with van der Waals surface area (Å²) in [5.41, 5.74) is 2.82. The summed E-state index contributed by atoms with van der Waals surface area (Å²) in [5, 5.41) is 0. The standard InChI is InChI=1S/C32H28N2O5S/c1-4-18-39-24-16-14-21(15-17-24)19-26-30(35)34-29(23-12-9-13-25(20-23)37-3)27(31(36)38-5-2)28(33-32(34)40-26)22-10-7-6-8-11-22/h4,6-17,19-20,29H,1,5,18H2,2-3H3/b26-19-/t29-/m0/s1. The monoisotopic (exact) mass is 552 g/mol. The van der Waals surface area contributed by atoms with Gasteiger partial charge in [-0.3, -0.25) is 9.36 Å². The van der Waals surface area contributed by atoms with Gasteiger partial charge < -0.3 is 14.2 Å². The molecule has 2 heterocycles. The molecular formula is C32H28N2O5S. The van der Waals surface area contributed by atoms with Crippen molar-refractivity contribution in [1.82, 2.24) is 4.57 Å². The average molecular weight is 553 g/mol. The van der Waals surface area contributed by atoms with E-state index in [0.29, 0.717) is 44.3 Å². The summed E-state index contributed by atoms with van der Waals surface area (Å²) in [4.78, 5) is 32.9. The summed E-state index contributed by atoms with van der Waals surface area (Å²) in [6, 6.07) is 23.5. The van der Waals surface area contributed by atoms with E-state index in [1.165, 1.54) is 11.3 Å². The number of methoxy groups -OCH3 is 1. The molecule has 0 aliphatic carbocycles. The normalized spacial score (nSPS) is 14.8. The number of carbonyl (C=O) groups excluding carboxylic acids is 1. The number of rotatable bonds is 9. The first-order chi connectivity index (χ1) is 19.5. The maximum atomic E-state index is 14.0. The molecule has 0 unspecified atom stereocenters. The third-order valence-corrected chi connectivity index (χ3v) is 7.31.